The molecule has 4 aromatic rings. The van der Waals surface area contributed by atoms with Crippen LogP contribution in [0.3, 0.4) is 0 Å². The Morgan fingerprint density at radius 3 is 2.83 bits per heavy atom. The lowest BCUT2D eigenvalue weighted by molar-refractivity contribution is 0.207. The van der Waals surface area contributed by atoms with Crippen LogP contribution in [0.15, 0.2) is 60.8 Å². The number of methoxy groups -OCH3 is 1. The van der Waals surface area contributed by atoms with E-state index in [9.17, 15) is 0 Å². The van der Waals surface area contributed by atoms with Crippen molar-refractivity contribution in [2.45, 2.75) is 6.54 Å². The van der Waals surface area contributed by atoms with Gasteiger partial charge < -0.3 is 4.74 Å². The largest absolute Gasteiger partial charge is 0.368 e. The lowest BCUT2D eigenvalue weighted by Crippen LogP contribution is -2.14. The van der Waals surface area contributed by atoms with Crippen LogP contribution in [-0.4, -0.2) is 27.1 Å². The minimum Gasteiger partial charge on any atom is -0.368 e. The number of hydrogen-bond donors (Lipinski definition) is 0. The van der Waals surface area contributed by atoms with Crippen LogP contribution in [-0.2, 0) is 11.3 Å². The number of aromatic nitrogens is 4. The molecule has 0 saturated heterocycles. The Balaban J connectivity index is 1.76. The van der Waals surface area contributed by atoms with Crippen LogP contribution in [0.1, 0.15) is 5.56 Å². The monoisotopic (exact) mass is 303 g/mol. The van der Waals surface area contributed by atoms with Crippen LogP contribution in [0.25, 0.3) is 21.9 Å². The minimum absolute atomic E-state index is 0.507. The van der Waals surface area contributed by atoms with E-state index in [4.69, 9.17) is 4.74 Å². The van der Waals surface area contributed by atoms with Crippen LogP contribution in [0.5, 0.6) is 0 Å². The molecule has 2 aromatic heterocycles. The van der Waals surface area contributed by atoms with E-state index in [0.717, 1.165) is 33.6 Å². The minimum atomic E-state index is 0.507. The van der Waals surface area contributed by atoms with Gasteiger partial charge in [0.15, 0.2) is 0 Å². The molecule has 1 radical (unpaired) electrons. The van der Waals surface area contributed by atoms with Gasteiger partial charge in [0, 0.05) is 24.3 Å². The third-order valence-electron chi connectivity index (χ3n) is 3.89. The Kier molecular flexibility index (Phi) is 3.48. The zero-order valence-electron chi connectivity index (χ0n) is 12.7. The highest BCUT2D eigenvalue weighted by Crippen LogP contribution is 2.26. The van der Waals surface area contributed by atoms with Crippen molar-refractivity contribution in [3.63, 3.8) is 0 Å². The summed E-state index contributed by atoms with van der Waals surface area (Å²) in [5.41, 5.74) is 3.76. The molecule has 0 spiro atoms. The molecule has 5 nitrogen and oxygen atoms in total. The quantitative estimate of drug-likeness (QED) is 0.581. The number of pyridine rings is 1. The number of ether oxygens (including phenoxy) is 1. The maximum absolute atomic E-state index is 5.65. The Hall–Kier alpha value is -2.79. The first kappa shape index (κ1) is 13.8. The van der Waals surface area contributed by atoms with Gasteiger partial charge in [-0.3, -0.25) is 4.98 Å². The van der Waals surface area contributed by atoms with E-state index in [2.05, 4.69) is 15.3 Å². The summed E-state index contributed by atoms with van der Waals surface area (Å²) in [6.45, 7) is 0.507. The molecule has 0 unspecified atom stereocenters. The number of nitrogens with zero attached hydrogens (tertiary/aromatic N) is 4. The first-order valence-electron chi connectivity index (χ1n) is 7.39. The number of fused-ring (bicyclic) bond motifs is 2. The second-order valence-electron chi connectivity index (χ2n) is 5.24. The topological polar surface area (TPSA) is 52.8 Å². The van der Waals surface area contributed by atoms with Gasteiger partial charge in [0.05, 0.1) is 17.6 Å². The van der Waals surface area contributed by atoms with Crippen molar-refractivity contribution >= 4 is 21.9 Å². The predicted octanol–water partition coefficient (Wildman–Crippen LogP) is 3.21. The van der Waals surface area contributed by atoms with Crippen LogP contribution < -0.4 is 0 Å². The molecular formula is C18H15N4O. The molecule has 4 rings (SSSR count). The summed E-state index contributed by atoms with van der Waals surface area (Å²) in [5.74, 6) is 0. The van der Waals surface area contributed by atoms with Gasteiger partial charge >= 0.3 is 0 Å². The van der Waals surface area contributed by atoms with Gasteiger partial charge in [-0.1, -0.05) is 41.6 Å². The normalized spacial score (nSPS) is 11.6. The second kappa shape index (κ2) is 5.78. The van der Waals surface area contributed by atoms with Crippen LogP contribution in [0.2, 0.25) is 0 Å². The smallest absolute Gasteiger partial charge is 0.149 e. The summed E-state index contributed by atoms with van der Waals surface area (Å²) in [5, 5.41) is 9.51. The molecule has 2 heterocycles. The first-order chi connectivity index (χ1) is 11.4. The highest BCUT2D eigenvalue weighted by molar-refractivity contribution is 5.83. The van der Waals surface area contributed by atoms with Gasteiger partial charge in [-0.2, -0.15) is 0 Å². The highest BCUT2D eigenvalue weighted by Gasteiger charge is 2.18. The van der Waals surface area contributed by atoms with Crippen molar-refractivity contribution in [1.82, 2.24) is 20.0 Å². The van der Waals surface area contributed by atoms with E-state index in [1.165, 1.54) is 0 Å². The number of rotatable bonds is 4. The fraction of sp³-hybridized carbons (Fsp3) is 0.111. The fourth-order valence-electron chi connectivity index (χ4n) is 2.76. The lowest BCUT2D eigenvalue weighted by Gasteiger charge is -2.16. The van der Waals surface area contributed by atoms with Crippen molar-refractivity contribution < 1.29 is 4.74 Å². The standard InChI is InChI=1S/C18H15N4O/c1-23-17(12-22-16-10-3-2-9-15(16)20-21-22)14-8-4-6-13-7-5-11-19-18(13)14/h2-11H,12H2,1H3. The van der Waals surface area contributed by atoms with Gasteiger partial charge in [-0.05, 0) is 18.2 Å². The SMILES string of the molecule is CO[C](Cn1nnc2ccccc21)c1cccc2cccnc12. The third-order valence-corrected chi connectivity index (χ3v) is 3.89. The first-order valence-corrected chi connectivity index (χ1v) is 7.39. The molecule has 0 amide bonds. The molecule has 0 N–H and O–H groups in total. The second-order valence-corrected chi connectivity index (χ2v) is 5.24. The van der Waals surface area contributed by atoms with Crippen molar-refractivity contribution in [1.29, 1.82) is 0 Å². The van der Waals surface area contributed by atoms with Gasteiger partial charge in [0.1, 0.15) is 11.6 Å². The summed E-state index contributed by atoms with van der Waals surface area (Å²) in [4.78, 5) is 4.50. The van der Waals surface area contributed by atoms with E-state index in [0.29, 0.717) is 6.54 Å². The molecule has 0 aliphatic heterocycles. The molecule has 2 aromatic carbocycles. The molecule has 0 aliphatic rings. The van der Waals surface area contributed by atoms with Gasteiger partial charge in [0.2, 0.25) is 0 Å². The molecule has 0 atom stereocenters. The van der Waals surface area contributed by atoms with Gasteiger partial charge in [-0.15, -0.1) is 5.10 Å². The van der Waals surface area contributed by atoms with Crippen molar-refractivity contribution in [2.75, 3.05) is 7.11 Å². The predicted molar refractivity (Wildman–Crippen MR) is 88.6 cm³/mol. The fourth-order valence-corrected chi connectivity index (χ4v) is 2.76. The summed E-state index contributed by atoms with van der Waals surface area (Å²) in [7, 11) is 1.68. The number of benzene rings is 2. The Labute approximate surface area is 133 Å². The average molecular weight is 303 g/mol. The average Bonchev–Trinajstić information content (AvgIpc) is 3.02. The third kappa shape index (κ3) is 2.45. The molecule has 0 bridgehead atoms. The summed E-state index contributed by atoms with van der Waals surface area (Å²) in [6.07, 6.45) is 2.61. The van der Waals surface area contributed by atoms with Gasteiger partial charge in [0.25, 0.3) is 0 Å². The zero-order chi connectivity index (χ0) is 15.6. The van der Waals surface area contributed by atoms with E-state index in [-0.39, 0.29) is 0 Å². The molecule has 23 heavy (non-hydrogen) atoms. The Bertz CT molecular complexity index is 958. The molecule has 0 aliphatic carbocycles. The number of para-hydroxylation sites is 2. The van der Waals surface area contributed by atoms with E-state index in [1.807, 2.05) is 59.3 Å². The Morgan fingerprint density at radius 1 is 1.04 bits per heavy atom. The molecule has 0 saturated carbocycles. The highest BCUT2D eigenvalue weighted by atomic mass is 16.5. The number of hydrogen-bond acceptors (Lipinski definition) is 4. The van der Waals surface area contributed by atoms with Crippen LogP contribution in [0.4, 0.5) is 0 Å². The van der Waals surface area contributed by atoms with E-state index in [1.54, 1.807) is 13.3 Å². The van der Waals surface area contributed by atoms with E-state index < -0.39 is 0 Å². The Morgan fingerprint density at radius 2 is 1.91 bits per heavy atom. The maximum Gasteiger partial charge on any atom is 0.149 e. The zero-order valence-corrected chi connectivity index (χ0v) is 12.7. The van der Waals surface area contributed by atoms with Crippen molar-refractivity contribution in [3.05, 3.63) is 72.5 Å². The van der Waals surface area contributed by atoms with Crippen LogP contribution in [0, 0.1) is 6.10 Å². The maximum atomic E-state index is 5.65. The lowest BCUT2D eigenvalue weighted by atomic mass is 10.0. The molecule has 113 valence electrons. The van der Waals surface area contributed by atoms with Crippen LogP contribution >= 0.6 is 0 Å². The molecule has 5 heteroatoms. The summed E-state index contributed by atoms with van der Waals surface area (Å²) in [6, 6.07) is 17.9. The van der Waals surface area contributed by atoms with Crippen molar-refractivity contribution in [3.8, 4) is 0 Å². The van der Waals surface area contributed by atoms with E-state index >= 15 is 0 Å². The van der Waals surface area contributed by atoms with Crippen molar-refractivity contribution in [2.24, 2.45) is 0 Å². The van der Waals surface area contributed by atoms with Gasteiger partial charge in [-0.25, -0.2) is 4.68 Å². The molecular weight excluding hydrogens is 288 g/mol. The molecule has 0 fully saturated rings. The summed E-state index contributed by atoms with van der Waals surface area (Å²) < 4.78 is 7.50. The summed E-state index contributed by atoms with van der Waals surface area (Å²) >= 11 is 0.